The molecular formula is C31H33N7O3. The number of amides is 1. The molecule has 2 aliphatic rings. The number of benzene rings is 3. The van der Waals surface area contributed by atoms with Crippen LogP contribution in [0.5, 0.6) is 11.5 Å². The first-order valence-corrected chi connectivity index (χ1v) is 13.8. The van der Waals surface area contributed by atoms with Crippen molar-refractivity contribution in [2.75, 3.05) is 33.9 Å². The lowest BCUT2D eigenvalue weighted by Gasteiger charge is -2.39. The Morgan fingerprint density at radius 1 is 1.17 bits per heavy atom. The van der Waals surface area contributed by atoms with E-state index in [2.05, 4.69) is 38.3 Å². The minimum atomic E-state index is -0.363. The van der Waals surface area contributed by atoms with Crippen LogP contribution in [0.2, 0.25) is 0 Å². The summed E-state index contributed by atoms with van der Waals surface area (Å²) in [5, 5.41) is 2.64. The molecule has 210 valence electrons. The Bertz CT molecular complexity index is 1630. The Labute approximate surface area is 238 Å². The summed E-state index contributed by atoms with van der Waals surface area (Å²) in [5.41, 5.74) is 12.1. The number of nitrogens with one attached hydrogen (secondary N) is 2. The number of aromatic amines is 1. The van der Waals surface area contributed by atoms with E-state index < -0.39 is 0 Å². The van der Waals surface area contributed by atoms with E-state index in [1.165, 1.54) is 5.56 Å². The Morgan fingerprint density at radius 3 is 2.73 bits per heavy atom. The van der Waals surface area contributed by atoms with Crippen molar-refractivity contribution in [2.24, 2.45) is 15.7 Å². The van der Waals surface area contributed by atoms with Crippen LogP contribution in [0.4, 0.5) is 5.95 Å². The van der Waals surface area contributed by atoms with E-state index in [0.29, 0.717) is 23.9 Å². The number of fused-ring (bicyclic) bond motifs is 4. The van der Waals surface area contributed by atoms with Gasteiger partial charge in [0.15, 0.2) is 11.5 Å². The third-order valence-corrected chi connectivity index (χ3v) is 7.63. The van der Waals surface area contributed by atoms with Gasteiger partial charge in [-0.25, -0.2) is 4.98 Å². The van der Waals surface area contributed by atoms with Crippen molar-refractivity contribution in [3.8, 4) is 11.5 Å². The number of aliphatic imine (C=N–C) groups is 2. The third-order valence-electron chi connectivity index (χ3n) is 7.63. The number of methoxy groups -OCH3 is 1. The smallest absolute Gasteiger partial charge is 0.257 e. The highest BCUT2D eigenvalue weighted by Gasteiger charge is 2.36. The molecule has 41 heavy (non-hydrogen) atoms. The van der Waals surface area contributed by atoms with Gasteiger partial charge in [-0.3, -0.25) is 15.1 Å². The summed E-state index contributed by atoms with van der Waals surface area (Å²) in [5.74, 6) is 1.61. The lowest BCUT2D eigenvalue weighted by molar-refractivity contribution is 0.0976. The van der Waals surface area contributed by atoms with E-state index in [-0.39, 0.29) is 23.8 Å². The van der Waals surface area contributed by atoms with Gasteiger partial charge in [-0.2, -0.15) is 4.99 Å². The van der Waals surface area contributed by atoms with Crippen molar-refractivity contribution in [1.82, 2.24) is 20.2 Å². The van der Waals surface area contributed by atoms with Gasteiger partial charge in [-0.1, -0.05) is 24.3 Å². The number of carbonyl (C=O) groups is 1. The highest BCUT2D eigenvalue weighted by molar-refractivity contribution is 6.15. The summed E-state index contributed by atoms with van der Waals surface area (Å²) >= 11 is 0. The second-order valence-electron chi connectivity index (χ2n) is 10.3. The number of nitrogens with zero attached hydrogens (tertiary/aromatic N) is 4. The summed E-state index contributed by atoms with van der Waals surface area (Å²) in [6, 6.07) is 19.3. The number of hydrogen-bond donors (Lipinski definition) is 3. The fourth-order valence-electron chi connectivity index (χ4n) is 5.65. The molecule has 1 aromatic heterocycles. The van der Waals surface area contributed by atoms with Gasteiger partial charge in [0.05, 0.1) is 36.5 Å². The van der Waals surface area contributed by atoms with E-state index in [1.54, 1.807) is 19.2 Å². The summed E-state index contributed by atoms with van der Waals surface area (Å²) in [4.78, 5) is 32.2. The zero-order valence-corrected chi connectivity index (χ0v) is 23.3. The fraction of sp³-hybridized carbons (Fsp3) is 0.290. The van der Waals surface area contributed by atoms with Crippen molar-refractivity contribution < 1.29 is 14.3 Å². The molecule has 6 rings (SSSR count). The standard InChI is InChI=1S/C31H33N7O3/c1-4-41-27-15-20-21(16-26(27)40-3)28(33-23-13-14-38(2)17-22(20)23)18-9-11-19(12-10-18)29(39)36-30(32)37-31-34-24-7-5-6-8-25(24)35-31/h5-12,15-16,22-23H,4,13-14,17H2,1-3H3,(H4,32,34,35,36,37,39)/t22-,23-/m1/s1. The molecule has 0 saturated carbocycles. The Kier molecular flexibility index (Phi) is 7.15. The number of aromatic nitrogens is 2. The van der Waals surface area contributed by atoms with Crippen molar-refractivity contribution in [3.63, 3.8) is 0 Å². The number of ether oxygens (including phenoxy) is 2. The molecule has 1 saturated heterocycles. The fourth-order valence-corrected chi connectivity index (χ4v) is 5.65. The van der Waals surface area contributed by atoms with Crippen molar-refractivity contribution >= 4 is 34.6 Å². The molecule has 3 heterocycles. The molecule has 0 aliphatic carbocycles. The molecule has 3 aromatic carbocycles. The van der Waals surface area contributed by atoms with Crippen LogP contribution in [0.15, 0.2) is 70.6 Å². The topological polar surface area (TPSA) is 130 Å². The zero-order valence-electron chi connectivity index (χ0n) is 23.3. The van der Waals surface area contributed by atoms with Gasteiger partial charge in [0, 0.05) is 29.2 Å². The molecule has 0 radical (unpaired) electrons. The number of hydrogen-bond acceptors (Lipinski definition) is 7. The second-order valence-corrected chi connectivity index (χ2v) is 10.3. The highest BCUT2D eigenvalue weighted by atomic mass is 16.5. The molecule has 4 N–H and O–H groups in total. The maximum Gasteiger partial charge on any atom is 0.257 e. The van der Waals surface area contributed by atoms with Gasteiger partial charge in [0.25, 0.3) is 5.91 Å². The van der Waals surface area contributed by atoms with Crippen molar-refractivity contribution in [2.45, 2.75) is 25.3 Å². The predicted octanol–water partition coefficient (Wildman–Crippen LogP) is 3.99. The summed E-state index contributed by atoms with van der Waals surface area (Å²) < 4.78 is 11.6. The molecule has 1 amide bonds. The second kappa shape index (κ2) is 11.1. The monoisotopic (exact) mass is 551 g/mol. The maximum atomic E-state index is 12.9. The van der Waals surface area contributed by atoms with E-state index >= 15 is 0 Å². The van der Waals surface area contributed by atoms with Crippen LogP contribution in [0, 0.1) is 0 Å². The average Bonchev–Trinajstić information content (AvgIpc) is 3.39. The molecule has 0 unspecified atom stereocenters. The van der Waals surface area contributed by atoms with Gasteiger partial charge < -0.3 is 25.1 Å². The van der Waals surface area contributed by atoms with Crippen LogP contribution < -0.4 is 20.5 Å². The van der Waals surface area contributed by atoms with E-state index in [9.17, 15) is 4.79 Å². The van der Waals surface area contributed by atoms with Gasteiger partial charge >= 0.3 is 0 Å². The van der Waals surface area contributed by atoms with Gasteiger partial charge in [-0.15, -0.1) is 0 Å². The van der Waals surface area contributed by atoms with Crippen molar-refractivity contribution in [3.05, 3.63) is 82.9 Å². The number of carbonyl (C=O) groups excluding carboxylic acids is 1. The first kappa shape index (κ1) is 26.5. The molecule has 2 aliphatic heterocycles. The van der Waals surface area contributed by atoms with E-state index in [0.717, 1.165) is 53.1 Å². The van der Waals surface area contributed by atoms with Gasteiger partial charge in [0.2, 0.25) is 11.9 Å². The van der Waals surface area contributed by atoms with E-state index in [4.69, 9.17) is 20.2 Å². The molecule has 0 spiro atoms. The lowest BCUT2D eigenvalue weighted by Crippen LogP contribution is -2.41. The average molecular weight is 552 g/mol. The summed E-state index contributed by atoms with van der Waals surface area (Å²) in [6.07, 6.45) is 0.977. The predicted molar refractivity (Wildman–Crippen MR) is 160 cm³/mol. The maximum absolute atomic E-state index is 12.9. The highest BCUT2D eigenvalue weighted by Crippen LogP contribution is 2.42. The molecule has 1 fully saturated rings. The Morgan fingerprint density at radius 2 is 1.98 bits per heavy atom. The molecule has 10 nitrogen and oxygen atoms in total. The third kappa shape index (κ3) is 5.26. The van der Waals surface area contributed by atoms with Gasteiger partial charge in [0.1, 0.15) is 0 Å². The summed E-state index contributed by atoms with van der Waals surface area (Å²) in [7, 11) is 3.80. The Hall–Kier alpha value is -4.70. The number of likely N-dealkylation sites (N-methyl/N-ethyl adjacent to an activating group) is 1. The zero-order chi connectivity index (χ0) is 28.5. The van der Waals surface area contributed by atoms with Crippen LogP contribution in [0.1, 0.15) is 46.3 Å². The first-order chi connectivity index (χ1) is 19.9. The van der Waals surface area contributed by atoms with Gasteiger partial charge in [-0.05, 0) is 68.9 Å². The summed E-state index contributed by atoms with van der Waals surface area (Å²) in [6.45, 7) is 4.46. The number of nitrogens with two attached hydrogens (primary N) is 1. The molecule has 4 aromatic rings. The minimum absolute atomic E-state index is 0.0470. The first-order valence-electron chi connectivity index (χ1n) is 13.8. The quantitative estimate of drug-likeness (QED) is 0.245. The van der Waals surface area contributed by atoms with Crippen LogP contribution in [-0.2, 0) is 0 Å². The molecule has 2 atom stereocenters. The number of H-pyrrole nitrogens is 1. The molecule has 10 heteroatoms. The normalized spacial score (nSPS) is 18.8. The number of para-hydroxylation sites is 2. The molecular weight excluding hydrogens is 518 g/mol. The van der Waals surface area contributed by atoms with E-state index in [1.807, 2.05) is 49.4 Å². The lowest BCUT2D eigenvalue weighted by atomic mass is 9.79. The largest absolute Gasteiger partial charge is 0.493 e. The SMILES string of the molecule is CCOc1cc2c(cc1OC)C(c1ccc(C(=O)NC(N)=Nc3nc4ccccc4[nH]3)cc1)=N[C@@H]1CCN(C)C[C@H]21. The number of imidazole rings is 1. The van der Waals surface area contributed by atoms with Crippen LogP contribution in [0.3, 0.4) is 0 Å². The Balaban J connectivity index is 1.26. The minimum Gasteiger partial charge on any atom is -0.493 e. The number of piperidine rings is 1. The van der Waals surface area contributed by atoms with Crippen molar-refractivity contribution in [1.29, 1.82) is 0 Å². The van der Waals surface area contributed by atoms with Crippen LogP contribution in [0.25, 0.3) is 11.0 Å². The number of likely N-dealkylation sites (tertiary alicyclic amines) is 1. The number of guanidine groups is 1. The number of rotatable bonds is 6. The van der Waals surface area contributed by atoms with Crippen LogP contribution in [-0.4, -0.2) is 72.3 Å². The van der Waals surface area contributed by atoms with Crippen LogP contribution >= 0.6 is 0 Å². The molecule has 0 bridgehead atoms.